The number of rotatable bonds is 14. The Morgan fingerprint density at radius 3 is 1.40 bits per heavy atom. The standard InChI is InChI=1S/C31H28O11/c1-2-27(32)38-19-5-3-4-6-20-39-31(37)42-26-17-11-23(12-18-26)30(36)41-25-15-9-22(10-16-25)29(35)40-24-13-7-21(8-14-24)28(33)34/h2,7-18H,1,3-6,19-20H2,(H,33,34). The Hall–Kier alpha value is -5.45. The van der Waals surface area contributed by atoms with Crippen LogP contribution in [-0.4, -0.2) is 48.4 Å². The molecule has 218 valence electrons. The van der Waals surface area contributed by atoms with Gasteiger partial charge in [-0.15, -0.1) is 0 Å². The van der Waals surface area contributed by atoms with Gasteiger partial charge in [0.2, 0.25) is 0 Å². The first-order chi connectivity index (χ1) is 20.2. The van der Waals surface area contributed by atoms with E-state index in [0.717, 1.165) is 18.9 Å². The number of esters is 3. The number of hydrogen-bond donors (Lipinski definition) is 1. The Morgan fingerprint density at radius 2 is 0.976 bits per heavy atom. The summed E-state index contributed by atoms with van der Waals surface area (Å²) >= 11 is 0. The third kappa shape index (κ3) is 10.3. The summed E-state index contributed by atoms with van der Waals surface area (Å²) in [5.74, 6) is -2.34. The molecule has 0 unspecified atom stereocenters. The number of carbonyl (C=O) groups is 5. The van der Waals surface area contributed by atoms with E-state index in [-0.39, 0.29) is 40.5 Å². The summed E-state index contributed by atoms with van der Waals surface area (Å²) in [4.78, 5) is 58.5. The second-order valence-electron chi connectivity index (χ2n) is 8.64. The molecule has 0 aliphatic carbocycles. The number of hydrogen-bond acceptors (Lipinski definition) is 10. The van der Waals surface area contributed by atoms with Gasteiger partial charge in [0.15, 0.2) is 0 Å². The molecular formula is C31H28O11. The van der Waals surface area contributed by atoms with Crippen molar-refractivity contribution in [1.29, 1.82) is 0 Å². The molecule has 0 amide bonds. The second kappa shape index (κ2) is 16.0. The molecule has 42 heavy (non-hydrogen) atoms. The van der Waals surface area contributed by atoms with Crippen molar-refractivity contribution in [3.8, 4) is 17.2 Å². The van der Waals surface area contributed by atoms with Crippen LogP contribution in [-0.2, 0) is 14.3 Å². The molecule has 1 N–H and O–H groups in total. The summed E-state index contributed by atoms with van der Waals surface area (Å²) in [5, 5.41) is 8.94. The van der Waals surface area contributed by atoms with Gasteiger partial charge in [0.25, 0.3) is 0 Å². The van der Waals surface area contributed by atoms with Crippen LogP contribution in [0.2, 0.25) is 0 Å². The van der Waals surface area contributed by atoms with Gasteiger partial charge in [0, 0.05) is 6.08 Å². The molecule has 3 aromatic carbocycles. The van der Waals surface area contributed by atoms with Crippen LogP contribution in [0.1, 0.15) is 56.8 Å². The van der Waals surface area contributed by atoms with Gasteiger partial charge in [0.1, 0.15) is 17.2 Å². The fraction of sp³-hybridized carbons (Fsp3) is 0.194. The van der Waals surface area contributed by atoms with Crippen molar-refractivity contribution in [3.05, 3.63) is 102 Å². The highest BCUT2D eigenvalue weighted by molar-refractivity contribution is 5.93. The fourth-order valence-electron chi connectivity index (χ4n) is 3.39. The van der Waals surface area contributed by atoms with E-state index in [9.17, 15) is 24.0 Å². The highest BCUT2D eigenvalue weighted by Gasteiger charge is 2.13. The molecule has 0 fully saturated rings. The van der Waals surface area contributed by atoms with E-state index in [1.807, 2.05) is 0 Å². The summed E-state index contributed by atoms with van der Waals surface area (Å²) in [6.07, 6.45) is 3.16. The van der Waals surface area contributed by atoms with Crippen molar-refractivity contribution < 1.29 is 52.8 Å². The molecule has 0 saturated carbocycles. The lowest BCUT2D eigenvalue weighted by Crippen LogP contribution is -2.12. The first-order valence-electron chi connectivity index (χ1n) is 12.9. The van der Waals surface area contributed by atoms with Crippen molar-refractivity contribution in [2.45, 2.75) is 25.7 Å². The number of carboxylic acids is 1. The van der Waals surface area contributed by atoms with Crippen molar-refractivity contribution in [3.63, 3.8) is 0 Å². The molecule has 0 bridgehead atoms. The molecule has 0 aliphatic heterocycles. The zero-order valence-corrected chi connectivity index (χ0v) is 22.5. The third-order valence-electron chi connectivity index (χ3n) is 5.57. The lowest BCUT2D eigenvalue weighted by atomic mass is 10.2. The van der Waals surface area contributed by atoms with Crippen LogP contribution in [0.15, 0.2) is 85.5 Å². The predicted molar refractivity (Wildman–Crippen MR) is 148 cm³/mol. The quantitative estimate of drug-likeness (QED) is 0.0836. The Labute approximate surface area is 241 Å². The van der Waals surface area contributed by atoms with Gasteiger partial charge in [-0.25, -0.2) is 24.0 Å². The van der Waals surface area contributed by atoms with Crippen LogP contribution in [0.25, 0.3) is 0 Å². The van der Waals surface area contributed by atoms with Crippen molar-refractivity contribution in [2.75, 3.05) is 13.2 Å². The number of ether oxygens (including phenoxy) is 5. The minimum absolute atomic E-state index is 0.0622. The highest BCUT2D eigenvalue weighted by atomic mass is 16.7. The predicted octanol–water partition coefficient (Wildman–Crippen LogP) is 5.63. The zero-order valence-electron chi connectivity index (χ0n) is 22.5. The largest absolute Gasteiger partial charge is 0.513 e. The van der Waals surface area contributed by atoms with Crippen LogP contribution < -0.4 is 14.2 Å². The first kappa shape index (κ1) is 31.1. The van der Waals surface area contributed by atoms with Crippen molar-refractivity contribution in [2.24, 2.45) is 0 Å². The molecular weight excluding hydrogens is 548 g/mol. The van der Waals surface area contributed by atoms with Gasteiger partial charge < -0.3 is 28.8 Å². The normalized spacial score (nSPS) is 10.2. The van der Waals surface area contributed by atoms with E-state index in [1.54, 1.807) is 0 Å². The van der Waals surface area contributed by atoms with E-state index >= 15 is 0 Å². The summed E-state index contributed by atoms with van der Waals surface area (Å²) in [7, 11) is 0. The lowest BCUT2D eigenvalue weighted by molar-refractivity contribution is -0.137. The second-order valence-corrected chi connectivity index (χ2v) is 8.64. The molecule has 11 heteroatoms. The van der Waals surface area contributed by atoms with Gasteiger partial charge >= 0.3 is 30.0 Å². The maximum Gasteiger partial charge on any atom is 0.513 e. The average molecular weight is 577 g/mol. The SMILES string of the molecule is C=CC(=O)OCCCCCCOC(=O)Oc1ccc(C(=O)Oc2ccc(C(=O)Oc3ccc(C(=O)O)cc3)cc2)cc1. The van der Waals surface area contributed by atoms with E-state index in [4.69, 9.17) is 28.8 Å². The van der Waals surface area contributed by atoms with Gasteiger partial charge in [-0.05, 0) is 98.5 Å². The van der Waals surface area contributed by atoms with Gasteiger partial charge in [-0.2, -0.15) is 0 Å². The summed E-state index contributed by atoms with van der Waals surface area (Å²) < 4.78 is 25.5. The van der Waals surface area contributed by atoms with E-state index < -0.39 is 30.0 Å². The molecule has 11 nitrogen and oxygen atoms in total. The van der Waals surface area contributed by atoms with Crippen LogP contribution in [0.4, 0.5) is 4.79 Å². The van der Waals surface area contributed by atoms with Crippen molar-refractivity contribution >= 4 is 30.0 Å². The zero-order chi connectivity index (χ0) is 30.3. The minimum atomic E-state index is -1.09. The van der Waals surface area contributed by atoms with E-state index in [2.05, 4.69) is 6.58 Å². The van der Waals surface area contributed by atoms with E-state index in [1.165, 1.54) is 72.8 Å². The van der Waals surface area contributed by atoms with E-state index in [0.29, 0.717) is 19.4 Å². The Kier molecular flexibility index (Phi) is 11.8. The number of carboxylic acid groups (broad SMARTS) is 1. The molecule has 3 aromatic rings. The molecule has 0 radical (unpaired) electrons. The van der Waals surface area contributed by atoms with Gasteiger partial charge in [-0.3, -0.25) is 0 Å². The third-order valence-corrected chi connectivity index (χ3v) is 5.57. The van der Waals surface area contributed by atoms with Crippen LogP contribution in [0.5, 0.6) is 17.2 Å². The molecule has 0 aromatic heterocycles. The molecule has 0 saturated heterocycles. The number of aromatic carboxylic acids is 1. The first-order valence-corrected chi connectivity index (χ1v) is 12.9. The Balaban J connectivity index is 1.38. The number of benzene rings is 3. The molecule has 0 heterocycles. The molecule has 0 aliphatic rings. The molecule has 0 atom stereocenters. The summed E-state index contributed by atoms with van der Waals surface area (Å²) in [5.41, 5.74) is 0.451. The molecule has 0 spiro atoms. The maximum atomic E-state index is 12.5. The highest BCUT2D eigenvalue weighted by Crippen LogP contribution is 2.19. The monoisotopic (exact) mass is 576 g/mol. The maximum absolute atomic E-state index is 12.5. The number of carbonyl (C=O) groups excluding carboxylic acids is 4. The van der Waals surface area contributed by atoms with Crippen LogP contribution in [0.3, 0.4) is 0 Å². The minimum Gasteiger partial charge on any atom is -0.478 e. The Bertz CT molecular complexity index is 1390. The summed E-state index contributed by atoms with van der Waals surface area (Å²) in [6.45, 7) is 3.80. The van der Waals surface area contributed by atoms with Crippen LogP contribution in [0, 0.1) is 0 Å². The van der Waals surface area contributed by atoms with Crippen molar-refractivity contribution in [1.82, 2.24) is 0 Å². The van der Waals surface area contributed by atoms with Crippen LogP contribution >= 0.6 is 0 Å². The fourth-order valence-corrected chi connectivity index (χ4v) is 3.39. The van der Waals surface area contributed by atoms with Gasteiger partial charge in [0.05, 0.1) is 29.9 Å². The average Bonchev–Trinajstić information content (AvgIpc) is 2.99. The Morgan fingerprint density at radius 1 is 0.571 bits per heavy atom. The number of unbranched alkanes of at least 4 members (excludes halogenated alkanes) is 3. The lowest BCUT2D eigenvalue weighted by Gasteiger charge is -2.08. The van der Waals surface area contributed by atoms with Gasteiger partial charge in [-0.1, -0.05) is 6.58 Å². The summed E-state index contributed by atoms with van der Waals surface area (Å²) in [6, 6.07) is 16.7. The topological polar surface area (TPSA) is 152 Å². The smallest absolute Gasteiger partial charge is 0.478 e. The molecule has 3 rings (SSSR count).